The van der Waals surface area contributed by atoms with Crippen molar-refractivity contribution in [2.24, 2.45) is 5.73 Å². The van der Waals surface area contributed by atoms with Gasteiger partial charge in [-0.05, 0) is 19.1 Å². The molecule has 2 aromatic rings. The third-order valence-corrected chi connectivity index (χ3v) is 3.50. The van der Waals surface area contributed by atoms with Crippen LogP contribution in [-0.4, -0.2) is 11.0 Å². The van der Waals surface area contributed by atoms with Gasteiger partial charge >= 0.3 is 0 Å². The first-order valence-corrected chi connectivity index (χ1v) is 6.24. The van der Waals surface area contributed by atoms with Gasteiger partial charge in [0.2, 0.25) is 0 Å². The Balaban J connectivity index is 2.34. The molecule has 0 unspecified atom stereocenters. The Kier molecular flexibility index (Phi) is 3.48. The van der Waals surface area contributed by atoms with Crippen LogP contribution in [0.4, 0.5) is 17.2 Å². The second-order valence-electron chi connectivity index (χ2n) is 5.25. The molecule has 0 radical (unpaired) electrons. The predicted molar refractivity (Wildman–Crippen MR) is 77.3 cm³/mol. The van der Waals surface area contributed by atoms with E-state index in [4.69, 9.17) is 15.9 Å². The van der Waals surface area contributed by atoms with Gasteiger partial charge in [0.1, 0.15) is 0 Å². The molecule has 0 aliphatic heterocycles. The van der Waals surface area contributed by atoms with Gasteiger partial charge in [0.05, 0.1) is 11.4 Å². The van der Waals surface area contributed by atoms with Crippen LogP contribution in [0.15, 0.2) is 35.1 Å². The number of rotatable bonds is 4. The van der Waals surface area contributed by atoms with E-state index in [9.17, 15) is 0 Å². The van der Waals surface area contributed by atoms with E-state index in [0.29, 0.717) is 11.5 Å². The number of benzene rings is 1. The molecule has 102 valence electrons. The van der Waals surface area contributed by atoms with E-state index in [1.807, 2.05) is 45.0 Å². The summed E-state index contributed by atoms with van der Waals surface area (Å²) in [5.74, 6) is 1.38. The fourth-order valence-electron chi connectivity index (χ4n) is 1.74. The highest BCUT2D eigenvalue weighted by atomic mass is 16.3. The summed E-state index contributed by atoms with van der Waals surface area (Å²) in [5, 5.41) is 3.20. The Labute approximate surface area is 113 Å². The summed E-state index contributed by atoms with van der Waals surface area (Å²) in [5.41, 5.74) is 13.1. The van der Waals surface area contributed by atoms with Gasteiger partial charge in [0.25, 0.3) is 0 Å². The molecule has 0 aliphatic rings. The molecule has 19 heavy (non-hydrogen) atoms. The average molecular weight is 260 g/mol. The second kappa shape index (κ2) is 4.93. The first-order chi connectivity index (χ1) is 8.93. The Hall–Kier alpha value is -2.01. The van der Waals surface area contributed by atoms with Crippen LogP contribution in [0.3, 0.4) is 0 Å². The standard InChI is InChI=1S/C14H20N4O/c1-9(15)14(2,3)12-13(17-8-19-12)18-11-7-5-4-6-10(11)16/h4-9,18H,15-16H2,1-3H3/t9-/m1/s1. The van der Waals surface area contributed by atoms with Gasteiger partial charge in [-0.3, -0.25) is 0 Å². The summed E-state index contributed by atoms with van der Waals surface area (Å²) < 4.78 is 5.51. The predicted octanol–water partition coefficient (Wildman–Crippen LogP) is 2.63. The summed E-state index contributed by atoms with van der Waals surface area (Å²) >= 11 is 0. The fraction of sp³-hybridized carbons (Fsp3) is 0.357. The van der Waals surface area contributed by atoms with E-state index >= 15 is 0 Å². The third-order valence-electron chi connectivity index (χ3n) is 3.50. The van der Waals surface area contributed by atoms with Crippen molar-refractivity contribution in [2.45, 2.75) is 32.2 Å². The van der Waals surface area contributed by atoms with Crippen LogP contribution in [-0.2, 0) is 5.41 Å². The number of nitrogens with one attached hydrogen (secondary N) is 1. The monoisotopic (exact) mass is 260 g/mol. The lowest BCUT2D eigenvalue weighted by Crippen LogP contribution is -2.38. The number of nitrogen functional groups attached to an aromatic ring is 1. The minimum Gasteiger partial charge on any atom is -0.446 e. The molecule has 5 N–H and O–H groups in total. The lowest BCUT2D eigenvalue weighted by molar-refractivity contribution is 0.341. The SMILES string of the molecule is C[C@@H](N)C(C)(C)c1ocnc1Nc1ccccc1N. The van der Waals surface area contributed by atoms with Gasteiger partial charge in [-0.15, -0.1) is 0 Å². The quantitative estimate of drug-likeness (QED) is 0.735. The Morgan fingerprint density at radius 3 is 2.63 bits per heavy atom. The number of anilines is 3. The number of nitrogens with two attached hydrogens (primary N) is 2. The molecular weight excluding hydrogens is 240 g/mol. The molecular formula is C14H20N4O. The molecule has 1 aromatic carbocycles. The fourth-order valence-corrected chi connectivity index (χ4v) is 1.74. The summed E-state index contributed by atoms with van der Waals surface area (Å²) in [6.45, 7) is 6.00. The van der Waals surface area contributed by atoms with Crippen molar-refractivity contribution < 1.29 is 4.42 Å². The van der Waals surface area contributed by atoms with E-state index in [-0.39, 0.29) is 11.5 Å². The molecule has 1 aromatic heterocycles. The molecule has 5 heteroatoms. The maximum atomic E-state index is 6.01. The van der Waals surface area contributed by atoms with Crippen LogP contribution < -0.4 is 16.8 Å². The van der Waals surface area contributed by atoms with Crippen molar-refractivity contribution in [3.63, 3.8) is 0 Å². The highest BCUT2D eigenvalue weighted by molar-refractivity contribution is 5.71. The molecule has 0 amide bonds. The van der Waals surface area contributed by atoms with Gasteiger partial charge < -0.3 is 21.2 Å². The van der Waals surface area contributed by atoms with Gasteiger partial charge in [-0.25, -0.2) is 0 Å². The lowest BCUT2D eigenvalue weighted by Gasteiger charge is -2.27. The van der Waals surface area contributed by atoms with Crippen LogP contribution >= 0.6 is 0 Å². The van der Waals surface area contributed by atoms with Crippen LogP contribution in [0, 0.1) is 0 Å². The van der Waals surface area contributed by atoms with Gasteiger partial charge in [-0.1, -0.05) is 26.0 Å². The topological polar surface area (TPSA) is 90.1 Å². The van der Waals surface area contributed by atoms with Crippen molar-refractivity contribution >= 4 is 17.2 Å². The van der Waals surface area contributed by atoms with Crippen molar-refractivity contribution in [1.29, 1.82) is 0 Å². The van der Waals surface area contributed by atoms with Crippen molar-refractivity contribution in [2.75, 3.05) is 11.1 Å². The number of hydrogen-bond donors (Lipinski definition) is 3. The number of nitrogens with zero attached hydrogens (tertiary/aromatic N) is 1. The zero-order valence-electron chi connectivity index (χ0n) is 11.5. The summed E-state index contributed by atoms with van der Waals surface area (Å²) in [6, 6.07) is 7.46. The number of hydrogen-bond acceptors (Lipinski definition) is 5. The van der Waals surface area contributed by atoms with Crippen LogP contribution in [0.5, 0.6) is 0 Å². The molecule has 0 bridgehead atoms. The number of oxazole rings is 1. The largest absolute Gasteiger partial charge is 0.446 e. The van der Waals surface area contributed by atoms with Crippen LogP contribution in [0.25, 0.3) is 0 Å². The molecule has 2 rings (SSSR count). The molecule has 1 heterocycles. The molecule has 1 atom stereocenters. The van der Waals surface area contributed by atoms with Crippen molar-refractivity contribution in [3.8, 4) is 0 Å². The maximum absolute atomic E-state index is 6.01. The van der Waals surface area contributed by atoms with Crippen LogP contribution in [0.2, 0.25) is 0 Å². The Bertz CT molecular complexity index is 560. The lowest BCUT2D eigenvalue weighted by atomic mass is 9.83. The number of aromatic nitrogens is 1. The third kappa shape index (κ3) is 2.56. The minimum absolute atomic E-state index is 0.0610. The van der Waals surface area contributed by atoms with E-state index in [1.165, 1.54) is 6.39 Å². The minimum atomic E-state index is -0.317. The smallest absolute Gasteiger partial charge is 0.183 e. The van der Waals surface area contributed by atoms with Gasteiger partial charge in [0.15, 0.2) is 18.0 Å². The Morgan fingerprint density at radius 2 is 2.00 bits per heavy atom. The van der Waals surface area contributed by atoms with Crippen LogP contribution in [0.1, 0.15) is 26.5 Å². The zero-order chi connectivity index (χ0) is 14.0. The van der Waals surface area contributed by atoms with Gasteiger partial charge in [0, 0.05) is 11.5 Å². The normalized spacial score (nSPS) is 13.3. The second-order valence-corrected chi connectivity index (χ2v) is 5.25. The first kappa shape index (κ1) is 13.4. The van der Waals surface area contributed by atoms with E-state index in [0.717, 1.165) is 11.4 Å². The summed E-state index contributed by atoms with van der Waals surface area (Å²) in [6.07, 6.45) is 1.42. The Morgan fingerprint density at radius 1 is 1.32 bits per heavy atom. The van der Waals surface area contributed by atoms with Crippen molar-refractivity contribution in [1.82, 2.24) is 4.98 Å². The van der Waals surface area contributed by atoms with Crippen molar-refractivity contribution in [3.05, 3.63) is 36.4 Å². The highest BCUT2D eigenvalue weighted by Crippen LogP contribution is 2.33. The first-order valence-electron chi connectivity index (χ1n) is 6.24. The molecule has 0 aliphatic carbocycles. The van der Waals surface area contributed by atoms with E-state index in [2.05, 4.69) is 10.3 Å². The summed E-state index contributed by atoms with van der Waals surface area (Å²) in [7, 11) is 0. The van der Waals surface area contributed by atoms with Gasteiger partial charge in [-0.2, -0.15) is 4.98 Å². The molecule has 0 saturated carbocycles. The molecule has 5 nitrogen and oxygen atoms in total. The molecule has 0 fully saturated rings. The highest BCUT2D eigenvalue weighted by Gasteiger charge is 2.32. The summed E-state index contributed by atoms with van der Waals surface area (Å²) in [4.78, 5) is 4.21. The average Bonchev–Trinajstić information content (AvgIpc) is 2.80. The maximum Gasteiger partial charge on any atom is 0.183 e. The van der Waals surface area contributed by atoms with E-state index in [1.54, 1.807) is 0 Å². The molecule has 0 saturated heterocycles. The molecule has 0 spiro atoms. The number of para-hydroxylation sites is 2. The van der Waals surface area contributed by atoms with E-state index < -0.39 is 0 Å². The zero-order valence-corrected chi connectivity index (χ0v) is 11.5.